The van der Waals surface area contributed by atoms with Crippen LogP contribution in [0.2, 0.25) is 0 Å². The molecule has 0 spiro atoms. The minimum absolute atomic E-state index is 0.269. The maximum absolute atomic E-state index is 5.75. The summed E-state index contributed by atoms with van der Waals surface area (Å²) in [5.41, 5.74) is 1.16. The van der Waals surface area contributed by atoms with Crippen LogP contribution in [0, 0.1) is 0 Å². The Balaban J connectivity index is 2.69. The molecule has 1 rings (SSSR count). The van der Waals surface area contributed by atoms with Crippen molar-refractivity contribution in [3.63, 3.8) is 0 Å². The number of hydrogen-bond acceptors (Lipinski definition) is 3. The minimum Gasteiger partial charge on any atom is -0.491 e. The molecule has 0 aliphatic carbocycles. The van der Waals surface area contributed by atoms with Crippen molar-refractivity contribution in [2.75, 3.05) is 26.9 Å². The lowest BCUT2D eigenvalue weighted by Gasteiger charge is -2.16. The van der Waals surface area contributed by atoms with Gasteiger partial charge in [0.05, 0.1) is 6.61 Å². The van der Waals surface area contributed by atoms with E-state index in [1.54, 1.807) is 0 Å². The Labute approximate surface area is 112 Å². The van der Waals surface area contributed by atoms with Crippen LogP contribution in [0.3, 0.4) is 0 Å². The van der Waals surface area contributed by atoms with Crippen LogP contribution in [-0.4, -0.2) is 26.9 Å². The second-order valence-corrected chi connectivity index (χ2v) is 4.65. The fraction of sp³-hybridized carbons (Fsp3) is 0.538. The highest BCUT2D eigenvalue weighted by molar-refractivity contribution is 9.10. The van der Waals surface area contributed by atoms with Crippen molar-refractivity contribution in [2.45, 2.75) is 19.9 Å². The fourth-order valence-electron chi connectivity index (χ4n) is 1.50. The monoisotopic (exact) mass is 301 g/mol. The molecule has 0 saturated carbocycles. The Kier molecular flexibility index (Phi) is 6.55. The topological polar surface area (TPSA) is 30.5 Å². The lowest BCUT2D eigenvalue weighted by molar-refractivity contribution is 0.109. The molecule has 0 aliphatic heterocycles. The van der Waals surface area contributed by atoms with Crippen LogP contribution < -0.4 is 10.1 Å². The molecule has 0 heterocycles. The number of rotatable bonds is 7. The molecule has 0 radical (unpaired) electrons. The normalized spacial score (nSPS) is 12.5. The van der Waals surface area contributed by atoms with E-state index in [0.29, 0.717) is 13.2 Å². The van der Waals surface area contributed by atoms with Gasteiger partial charge in [-0.3, -0.25) is 0 Å². The molecule has 1 unspecified atom stereocenters. The van der Waals surface area contributed by atoms with Crippen molar-refractivity contribution in [1.29, 1.82) is 0 Å². The third-order valence-electron chi connectivity index (χ3n) is 2.56. The number of hydrogen-bond donors (Lipinski definition) is 1. The molecule has 0 fully saturated rings. The van der Waals surface area contributed by atoms with E-state index in [9.17, 15) is 0 Å². The van der Waals surface area contributed by atoms with Gasteiger partial charge in [0.1, 0.15) is 12.4 Å². The van der Waals surface area contributed by atoms with Crippen molar-refractivity contribution in [3.05, 3.63) is 28.2 Å². The van der Waals surface area contributed by atoms with Crippen molar-refractivity contribution < 1.29 is 9.47 Å². The van der Waals surface area contributed by atoms with Gasteiger partial charge < -0.3 is 14.8 Å². The van der Waals surface area contributed by atoms with Gasteiger partial charge in [0, 0.05) is 22.7 Å². The highest BCUT2D eigenvalue weighted by Crippen LogP contribution is 2.28. The summed E-state index contributed by atoms with van der Waals surface area (Å²) in [7, 11) is 1.94. The average Bonchev–Trinajstić information content (AvgIpc) is 2.34. The quantitative estimate of drug-likeness (QED) is 0.785. The number of nitrogens with one attached hydrogen (secondary N) is 1. The summed E-state index contributed by atoms with van der Waals surface area (Å²) in [6, 6.07) is 6.36. The first-order chi connectivity index (χ1) is 8.19. The van der Waals surface area contributed by atoms with Gasteiger partial charge >= 0.3 is 0 Å². The average molecular weight is 302 g/mol. The molecule has 1 aromatic rings. The smallest absolute Gasteiger partial charge is 0.125 e. The Morgan fingerprint density at radius 3 is 2.76 bits per heavy atom. The SMILES string of the molecule is CCOCCOc1cc(Br)ccc1C(C)NC. The van der Waals surface area contributed by atoms with Gasteiger partial charge in [0.15, 0.2) is 0 Å². The van der Waals surface area contributed by atoms with Crippen molar-refractivity contribution in [3.8, 4) is 5.75 Å². The number of ether oxygens (including phenoxy) is 2. The predicted octanol–water partition coefficient (Wildman–Crippen LogP) is 3.14. The van der Waals surface area contributed by atoms with Gasteiger partial charge in [-0.15, -0.1) is 0 Å². The molecule has 0 saturated heterocycles. The molecule has 3 nitrogen and oxygen atoms in total. The van der Waals surface area contributed by atoms with Crippen LogP contribution in [0.15, 0.2) is 22.7 Å². The second-order valence-electron chi connectivity index (χ2n) is 3.74. The summed E-state index contributed by atoms with van der Waals surface area (Å²) in [4.78, 5) is 0. The number of benzene rings is 1. The van der Waals surface area contributed by atoms with Gasteiger partial charge in [0.25, 0.3) is 0 Å². The zero-order valence-electron chi connectivity index (χ0n) is 10.6. The summed E-state index contributed by atoms with van der Waals surface area (Å²) in [6.07, 6.45) is 0. The van der Waals surface area contributed by atoms with Gasteiger partial charge in [0.2, 0.25) is 0 Å². The first kappa shape index (κ1) is 14.5. The molecule has 0 aliphatic rings. The van der Waals surface area contributed by atoms with Gasteiger partial charge in [-0.1, -0.05) is 22.0 Å². The van der Waals surface area contributed by atoms with Crippen molar-refractivity contribution >= 4 is 15.9 Å². The van der Waals surface area contributed by atoms with Crippen LogP contribution in [-0.2, 0) is 4.74 Å². The fourth-order valence-corrected chi connectivity index (χ4v) is 1.84. The minimum atomic E-state index is 0.269. The van der Waals surface area contributed by atoms with E-state index in [0.717, 1.165) is 22.4 Å². The molecule has 17 heavy (non-hydrogen) atoms. The molecular formula is C13H20BrNO2. The Morgan fingerprint density at radius 1 is 1.35 bits per heavy atom. The molecule has 1 atom stereocenters. The zero-order valence-corrected chi connectivity index (χ0v) is 12.2. The molecule has 1 N–H and O–H groups in total. The Morgan fingerprint density at radius 2 is 2.12 bits per heavy atom. The Hall–Kier alpha value is -0.580. The number of halogens is 1. The molecule has 0 bridgehead atoms. The van der Waals surface area contributed by atoms with Crippen LogP contribution in [0.25, 0.3) is 0 Å². The molecule has 1 aromatic carbocycles. The zero-order chi connectivity index (χ0) is 12.7. The lowest BCUT2D eigenvalue weighted by atomic mass is 10.1. The predicted molar refractivity (Wildman–Crippen MR) is 73.6 cm³/mol. The summed E-state index contributed by atoms with van der Waals surface area (Å²) in [6.45, 7) is 6.01. The molecule has 0 amide bonds. The molecule has 4 heteroatoms. The van der Waals surface area contributed by atoms with E-state index in [2.05, 4.69) is 34.2 Å². The van der Waals surface area contributed by atoms with E-state index in [1.807, 2.05) is 26.1 Å². The molecular weight excluding hydrogens is 282 g/mol. The van der Waals surface area contributed by atoms with Crippen molar-refractivity contribution in [1.82, 2.24) is 5.32 Å². The second kappa shape index (κ2) is 7.69. The van der Waals surface area contributed by atoms with E-state index < -0.39 is 0 Å². The van der Waals surface area contributed by atoms with Gasteiger partial charge in [-0.2, -0.15) is 0 Å². The summed E-state index contributed by atoms with van der Waals surface area (Å²) in [5.74, 6) is 0.904. The van der Waals surface area contributed by atoms with E-state index in [-0.39, 0.29) is 6.04 Å². The summed E-state index contributed by atoms with van der Waals surface area (Å²) < 4.78 is 12.0. The highest BCUT2D eigenvalue weighted by atomic mass is 79.9. The van der Waals surface area contributed by atoms with Crippen LogP contribution in [0.4, 0.5) is 0 Å². The highest BCUT2D eigenvalue weighted by Gasteiger charge is 2.10. The van der Waals surface area contributed by atoms with Gasteiger partial charge in [-0.25, -0.2) is 0 Å². The largest absolute Gasteiger partial charge is 0.491 e. The molecule has 96 valence electrons. The van der Waals surface area contributed by atoms with Crippen LogP contribution >= 0.6 is 15.9 Å². The van der Waals surface area contributed by atoms with E-state index in [1.165, 1.54) is 0 Å². The third kappa shape index (κ3) is 4.66. The van der Waals surface area contributed by atoms with Gasteiger partial charge in [-0.05, 0) is 33.0 Å². The first-order valence-electron chi connectivity index (χ1n) is 5.86. The van der Waals surface area contributed by atoms with E-state index >= 15 is 0 Å². The Bertz CT molecular complexity index is 344. The lowest BCUT2D eigenvalue weighted by Crippen LogP contribution is -2.15. The summed E-state index contributed by atoms with van der Waals surface area (Å²) in [5, 5.41) is 3.22. The maximum atomic E-state index is 5.75. The standard InChI is InChI=1S/C13H20BrNO2/c1-4-16-7-8-17-13-9-11(14)5-6-12(13)10(2)15-3/h5-6,9-10,15H,4,7-8H2,1-3H3. The van der Waals surface area contributed by atoms with Crippen molar-refractivity contribution in [2.24, 2.45) is 0 Å². The molecule has 0 aromatic heterocycles. The van der Waals surface area contributed by atoms with Crippen LogP contribution in [0.5, 0.6) is 5.75 Å². The maximum Gasteiger partial charge on any atom is 0.125 e. The first-order valence-corrected chi connectivity index (χ1v) is 6.65. The van der Waals surface area contributed by atoms with Crippen LogP contribution in [0.1, 0.15) is 25.5 Å². The summed E-state index contributed by atoms with van der Waals surface area (Å²) >= 11 is 3.46. The van der Waals surface area contributed by atoms with E-state index in [4.69, 9.17) is 9.47 Å². The third-order valence-corrected chi connectivity index (χ3v) is 3.06.